The van der Waals surface area contributed by atoms with Gasteiger partial charge in [0.1, 0.15) is 17.3 Å². The highest BCUT2D eigenvalue weighted by Crippen LogP contribution is 2.25. The van der Waals surface area contributed by atoms with E-state index in [1.54, 1.807) is 13.3 Å². The topological polar surface area (TPSA) is 76.1 Å². The average molecular weight is 362 g/mol. The molecule has 3 rings (SSSR count). The number of carbonyl (C=O) groups excluding carboxylic acids is 1. The predicted molar refractivity (Wildman–Crippen MR) is 107 cm³/mol. The van der Waals surface area contributed by atoms with E-state index in [0.29, 0.717) is 17.3 Å². The van der Waals surface area contributed by atoms with Crippen LogP contribution in [0.25, 0.3) is 0 Å². The van der Waals surface area contributed by atoms with E-state index in [1.807, 2.05) is 51.1 Å². The summed E-state index contributed by atoms with van der Waals surface area (Å²) in [6.45, 7) is 6.02. The summed E-state index contributed by atoms with van der Waals surface area (Å²) in [5.41, 5.74) is 5.10. The van der Waals surface area contributed by atoms with Gasteiger partial charge in [0.15, 0.2) is 0 Å². The minimum absolute atomic E-state index is 0.226. The van der Waals surface area contributed by atoms with Gasteiger partial charge in [-0.25, -0.2) is 9.97 Å². The molecule has 0 aliphatic carbocycles. The number of anilines is 3. The molecule has 3 aromatic rings. The molecule has 1 amide bonds. The third-order valence-electron chi connectivity index (χ3n) is 3.98. The highest BCUT2D eigenvalue weighted by atomic mass is 16.5. The van der Waals surface area contributed by atoms with Crippen molar-refractivity contribution < 1.29 is 9.53 Å². The number of benzene rings is 2. The van der Waals surface area contributed by atoms with Crippen LogP contribution in [0.3, 0.4) is 0 Å². The van der Waals surface area contributed by atoms with Crippen molar-refractivity contribution in [3.05, 3.63) is 71.2 Å². The summed E-state index contributed by atoms with van der Waals surface area (Å²) >= 11 is 0. The molecule has 0 bridgehead atoms. The zero-order chi connectivity index (χ0) is 19.4. The van der Waals surface area contributed by atoms with Gasteiger partial charge in [-0.15, -0.1) is 0 Å². The van der Waals surface area contributed by atoms with Crippen molar-refractivity contribution in [1.82, 2.24) is 9.97 Å². The lowest BCUT2D eigenvalue weighted by molar-refractivity contribution is 0.102. The highest BCUT2D eigenvalue weighted by molar-refractivity contribution is 6.03. The Morgan fingerprint density at radius 2 is 1.67 bits per heavy atom. The molecular weight excluding hydrogens is 340 g/mol. The Balaban J connectivity index is 1.73. The molecule has 0 spiro atoms. The van der Waals surface area contributed by atoms with E-state index in [0.717, 1.165) is 22.4 Å². The van der Waals surface area contributed by atoms with Gasteiger partial charge in [0.05, 0.1) is 25.2 Å². The van der Waals surface area contributed by atoms with Gasteiger partial charge in [-0.3, -0.25) is 4.79 Å². The summed E-state index contributed by atoms with van der Waals surface area (Å²) in [7, 11) is 1.56. The number of nitrogens with one attached hydrogen (secondary N) is 2. The number of methoxy groups -OCH3 is 1. The molecule has 0 radical (unpaired) electrons. The first-order valence-electron chi connectivity index (χ1n) is 8.58. The normalized spacial score (nSPS) is 10.4. The summed E-state index contributed by atoms with van der Waals surface area (Å²) in [6, 6.07) is 11.7. The van der Waals surface area contributed by atoms with E-state index in [4.69, 9.17) is 4.74 Å². The van der Waals surface area contributed by atoms with Crippen LogP contribution in [0, 0.1) is 20.8 Å². The van der Waals surface area contributed by atoms with E-state index >= 15 is 0 Å². The molecule has 2 N–H and O–H groups in total. The Morgan fingerprint density at radius 1 is 0.926 bits per heavy atom. The van der Waals surface area contributed by atoms with E-state index in [2.05, 4.69) is 26.7 Å². The lowest BCUT2D eigenvalue weighted by atomic mass is 10.1. The quantitative estimate of drug-likeness (QED) is 0.703. The first-order chi connectivity index (χ1) is 12.9. The highest BCUT2D eigenvalue weighted by Gasteiger charge is 2.12. The van der Waals surface area contributed by atoms with Crippen LogP contribution in [0.4, 0.5) is 17.2 Å². The third kappa shape index (κ3) is 4.61. The fourth-order valence-electron chi connectivity index (χ4n) is 2.81. The Labute approximate surface area is 158 Å². The molecule has 2 aromatic carbocycles. The van der Waals surface area contributed by atoms with E-state index in [9.17, 15) is 4.79 Å². The van der Waals surface area contributed by atoms with Crippen molar-refractivity contribution in [2.45, 2.75) is 20.8 Å². The maximum absolute atomic E-state index is 12.5. The first kappa shape index (κ1) is 18.4. The van der Waals surface area contributed by atoms with Crippen molar-refractivity contribution in [3.63, 3.8) is 0 Å². The fraction of sp³-hybridized carbons (Fsp3) is 0.190. The van der Waals surface area contributed by atoms with Gasteiger partial charge in [0.2, 0.25) is 0 Å². The van der Waals surface area contributed by atoms with Crippen molar-refractivity contribution in [1.29, 1.82) is 0 Å². The van der Waals surface area contributed by atoms with Gasteiger partial charge in [0, 0.05) is 5.69 Å². The van der Waals surface area contributed by atoms with E-state index in [1.165, 1.54) is 6.20 Å². The molecule has 6 nitrogen and oxygen atoms in total. The molecule has 1 aromatic heterocycles. The molecule has 1 heterocycles. The summed E-state index contributed by atoms with van der Waals surface area (Å²) < 4.78 is 5.28. The van der Waals surface area contributed by atoms with Crippen LogP contribution in [0.1, 0.15) is 27.2 Å². The number of ether oxygens (including phenoxy) is 1. The molecule has 0 aliphatic rings. The summed E-state index contributed by atoms with van der Waals surface area (Å²) in [6.07, 6.45) is 2.99. The number of hydrogen-bond donors (Lipinski definition) is 2. The molecule has 0 unspecified atom stereocenters. The predicted octanol–water partition coefficient (Wildman–Crippen LogP) is 4.41. The molecule has 6 heteroatoms. The number of amides is 1. The number of rotatable bonds is 5. The van der Waals surface area contributed by atoms with E-state index < -0.39 is 0 Å². The second-order valence-electron chi connectivity index (χ2n) is 6.45. The number of aromatic nitrogens is 2. The number of nitrogens with zero attached hydrogens (tertiary/aromatic N) is 2. The number of carbonyl (C=O) groups is 1. The Bertz CT molecular complexity index is 948. The van der Waals surface area contributed by atoms with Crippen LogP contribution in [0.5, 0.6) is 5.75 Å². The smallest absolute Gasteiger partial charge is 0.275 e. The maximum Gasteiger partial charge on any atom is 0.275 e. The van der Waals surface area contributed by atoms with Crippen LogP contribution in [-0.4, -0.2) is 23.0 Å². The van der Waals surface area contributed by atoms with Gasteiger partial charge in [0.25, 0.3) is 5.91 Å². The lowest BCUT2D eigenvalue weighted by Gasteiger charge is -2.11. The minimum atomic E-state index is -0.343. The minimum Gasteiger partial charge on any atom is -0.495 e. The van der Waals surface area contributed by atoms with Gasteiger partial charge >= 0.3 is 0 Å². The molecule has 138 valence electrons. The summed E-state index contributed by atoms with van der Waals surface area (Å²) in [5, 5.41) is 6.02. The first-order valence-corrected chi connectivity index (χ1v) is 8.58. The standard InChI is InChI=1S/C21H22N4O2/c1-13-5-6-19(27-4)17(10-13)25-21(26)18-11-23-20(12-22-18)24-16-8-14(2)7-15(3)9-16/h5-12H,1-4H3,(H,23,24)(H,25,26). The van der Waals surface area contributed by atoms with Crippen molar-refractivity contribution in [3.8, 4) is 5.75 Å². The SMILES string of the molecule is COc1ccc(C)cc1NC(=O)c1cnc(Nc2cc(C)cc(C)c2)cn1. The van der Waals surface area contributed by atoms with Gasteiger partial charge in [-0.1, -0.05) is 12.1 Å². The maximum atomic E-state index is 12.5. The molecule has 0 fully saturated rings. The van der Waals surface area contributed by atoms with Gasteiger partial charge < -0.3 is 15.4 Å². The van der Waals surface area contributed by atoms with Crippen LogP contribution >= 0.6 is 0 Å². The van der Waals surface area contributed by atoms with Gasteiger partial charge in [-0.2, -0.15) is 0 Å². The average Bonchev–Trinajstić information content (AvgIpc) is 2.61. The monoisotopic (exact) mass is 362 g/mol. The van der Waals surface area contributed by atoms with Gasteiger partial charge in [-0.05, 0) is 61.7 Å². The molecule has 0 saturated carbocycles. The molecule has 0 aliphatic heterocycles. The Morgan fingerprint density at radius 3 is 2.30 bits per heavy atom. The lowest BCUT2D eigenvalue weighted by Crippen LogP contribution is -2.15. The van der Waals surface area contributed by atoms with Crippen LogP contribution in [0.2, 0.25) is 0 Å². The van der Waals surface area contributed by atoms with Crippen LogP contribution in [0.15, 0.2) is 48.8 Å². The summed E-state index contributed by atoms with van der Waals surface area (Å²) in [4.78, 5) is 21.0. The zero-order valence-corrected chi connectivity index (χ0v) is 15.8. The Hall–Kier alpha value is -3.41. The third-order valence-corrected chi connectivity index (χ3v) is 3.98. The number of hydrogen-bond acceptors (Lipinski definition) is 5. The molecule has 27 heavy (non-hydrogen) atoms. The van der Waals surface area contributed by atoms with Crippen molar-refractivity contribution in [2.24, 2.45) is 0 Å². The molecule has 0 saturated heterocycles. The van der Waals surface area contributed by atoms with E-state index in [-0.39, 0.29) is 11.6 Å². The zero-order valence-electron chi connectivity index (χ0n) is 15.8. The number of aryl methyl sites for hydroxylation is 3. The molecular formula is C21H22N4O2. The van der Waals surface area contributed by atoms with Crippen LogP contribution in [-0.2, 0) is 0 Å². The Kier molecular flexibility index (Phi) is 5.35. The van der Waals surface area contributed by atoms with Crippen LogP contribution < -0.4 is 15.4 Å². The van der Waals surface area contributed by atoms with Crippen molar-refractivity contribution in [2.75, 3.05) is 17.7 Å². The second-order valence-corrected chi connectivity index (χ2v) is 6.45. The molecule has 0 atom stereocenters. The second kappa shape index (κ2) is 7.86. The largest absolute Gasteiger partial charge is 0.495 e. The van der Waals surface area contributed by atoms with Crippen molar-refractivity contribution >= 4 is 23.1 Å². The summed E-state index contributed by atoms with van der Waals surface area (Å²) in [5.74, 6) is 0.823. The fourth-order valence-corrected chi connectivity index (χ4v) is 2.81.